The minimum absolute atomic E-state index is 0.0411. The Hall–Kier alpha value is -1.91. The molecule has 1 saturated heterocycles. The van der Waals surface area contributed by atoms with Gasteiger partial charge in [-0.15, -0.1) is 0 Å². The van der Waals surface area contributed by atoms with Crippen LogP contribution in [0.4, 0.5) is 0 Å². The summed E-state index contributed by atoms with van der Waals surface area (Å²) < 4.78 is 0. The van der Waals surface area contributed by atoms with Gasteiger partial charge in [-0.25, -0.2) is 4.79 Å². The summed E-state index contributed by atoms with van der Waals surface area (Å²) in [4.78, 5) is 29.6. The van der Waals surface area contributed by atoms with Crippen molar-refractivity contribution in [1.29, 1.82) is 0 Å². The van der Waals surface area contributed by atoms with Crippen LogP contribution in [0.3, 0.4) is 0 Å². The second-order valence-corrected chi connectivity index (χ2v) is 6.05. The van der Waals surface area contributed by atoms with Gasteiger partial charge in [-0.3, -0.25) is 9.78 Å². The SMILES string of the molecule is O=C(O)C1C2CCCC2CN1C(=O)CCc1cccnc1. The van der Waals surface area contributed by atoms with E-state index < -0.39 is 12.0 Å². The van der Waals surface area contributed by atoms with E-state index in [0.29, 0.717) is 25.3 Å². The lowest BCUT2D eigenvalue weighted by molar-refractivity contribution is -0.149. The molecule has 112 valence electrons. The summed E-state index contributed by atoms with van der Waals surface area (Å²) in [6, 6.07) is 3.17. The number of hydrogen-bond acceptors (Lipinski definition) is 3. The predicted octanol–water partition coefficient (Wildman–Crippen LogP) is 1.73. The number of amides is 1. The second kappa shape index (κ2) is 5.84. The highest BCUT2D eigenvalue weighted by Crippen LogP contribution is 2.42. The maximum absolute atomic E-state index is 12.4. The van der Waals surface area contributed by atoms with Gasteiger partial charge in [-0.1, -0.05) is 12.5 Å². The lowest BCUT2D eigenvalue weighted by atomic mass is 9.94. The van der Waals surface area contributed by atoms with Crippen LogP contribution in [0.15, 0.2) is 24.5 Å². The largest absolute Gasteiger partial charge is 0.480 e. The number of likely N-dealkylation sites (tertiary alicyclic amines) is 1. The Labute approximate surface area is 124 Å². The molecule has 0 radical (unpaired) electrons. The van der Waals surface area contributed by atoms with Gasteiger partial charge in [0, 0.05) is 25.4 Å². The second-order valence-electron chi connectivity index (χ2n) is 6.05. The van der Waals surface area contributed by atoms with Crippen molar-refractivity contribution in [2.45, 2.75) is 38.1 Å². The van der Waals surface area contributed by atoms with Crippen LogP contribution in [-0.4, -0.2) is 39.5 Å². The van der Waals surface area contributed by atoms with E-state index in [-0.39, 0.29) is 11.8 Å². The molecule has 2 fully saturated rings. The normalized spacial score (nSPS) is 27.6. The third kappa shape index (κ3) is 2.77. The first-order valence-corrected chi connectivity index (χ1v) is 7.58. The number of aromatic nitrogens is 1. The summed E-state index contributed by atoms with van der Waals surface area (Å²) in [6.45, 7) is 0.619. The lowest BCUT2D eigenvalue weighted by Crippen LogP contribution is -2.43. The van der Waals surface area contributed by atoms with Crippen LogP contribution in [0.5, 0.6) is 0 Å². The van der Waals surface area contributed by atoms with Gasteiger partial charge in [0.05, 0.1) is 0 Å². The number of hydrogen-bond donors (Lipinski definition) is 1. The zero-order valence-electron chi connectivity index (χ0n) is 11.9. The van der Waals surface area contributed by atoms with Crippen molar-refractivity contribution in [2.75, 3.05) is 6.54 Å². The molecule has 3 unspecified atom stereocenters. The van der Waals surface area contributed by atoms with Gasteiger partial charge in [0.25, 0.3) is 0 Å². The van der Waals surface area contributed by atoms with Gasteiger partial charge in [-0.2, -0.15) is 0 Å². The molecule has 5 nitrogen and oxygen atoms in total. The average Bonchev–Trinajstić information content (AvgIpc) is 3.05. The highest BCUT2D eigenvalue weighted by atomic mass is 16.4. The number of carbonyl (C=O) groups excluding carboxylic acids is 1. The van der Waals surface area contributed by atoms with Crippen molar-refractivity contribution in [3.05, 3.63) is 30.1 Å². The van der Waals surface area contributed by atoms with Gasteiger partial charge in [-0.05, 0) is 42.7 Å². The van der Waals surface area contributed by atoms with Crippen molar-refractivity contribution in [3.8, 4) is 0 Å². The highest BCUT2D eigenvalue weighted by molar-refractivity contribution is 5.85. The molecule has 1 aliphatic heterocycles. The average molecular weight is 288 g/mol. The summed E-state index contributed by atoms with van der Waals surface area (Å²) in [5.74, 6) is -0.349. The third-order valence-corrected chi connectivity index (χ3v) is 4.81. The predicted molar refractivity (Wildman–Crippen MR) is 76.5 cm³/mol. The number of pyridine rings is 1. The van der Waals surface area contributed by atoms with Crippen molar-refractivity contribution in [3.63, 3.8) is 0 Å². The first-order chi connectivity index (χ1) is 10.2. The fraction of sp³-hybridized carbons (Fsp3) is 0.562. The molecule has 2 aliphatic rings. The first-order valence-electron chi connectivity index (χ1n) is 7.58. The molecule has 0 spiro atoms. The molecule has 0 bridgehead atoms. The van der Waals surface area contributed by atoms with Gasteiger partial charge in [0.1, 0.15) is 6.04 Å². The molecular weight excluding hydrogens is 268 g/mol. The van der Waals surface area contributed by atoms with E-state index in [4.69, 9.17) is 0 Å². The fourth-order valence-corrected chi connectivity index (χ4v) is 3.82. The van der Waals surface area contributed by atoms with Crippen LogP contribution < -0.4 is 0 Å². The van der Waals surface area contributed by atoms with Crippen LogP contribution in [0.1, 0.15) is 31.2 Å². The number of carbonyl (C=O) groups is 2. The van der Waals surface area contributed by atoms with E-state index in [1.807, 2.05) is 12.1 Å². The van der Waals surface area contributed by atoms with Gasteiger partial charge in [0.15, 0.2) is 0 Å². The quantitative estimate of drug-likeness (QED) is 0.916. The van der Waals surface area contributed by atoms with E-state index >= 15 is 0 Å². The minimum atomic E-state index is -0.848. The number of rotatable bonds is 4. The van der Waals surface area contributed by atoms with Crippen molar-refractivity contribution in [2.24, 2.45) is 11.8 Å². The standard InChI is InChI=1S/C16H20N2O3/c19-14(7-6-11-3-2-8-17-9-11)18-10-12-4-1-5-13(12)15(18)16(20)21/h2-3,8-9,12-13,15H,1,4-7,10H2,(H,20,21). The Kier molecular flexibility index (Phi) is 3.90. The van der Waals surface area contributed by atoms with Crippen molar-refractivity contribution < 1.29 is 14.7 Å². The van der Waals surface area contributed by atoms with E-state index in [1.54, 1.807) is 17.3 Å². The molecule has 0 aromatic carbocycles. The van der Waals surface area contributed by atoms with Gasteiger partial charge < -0.3 is 10.0 Å². The van der Waals surface area contributed by atoms with Gasteiger partial charge >= 0.3 is 5.97 Å². The third-order valence-electron chi connectivity index (χ3n) is 4.81. The minimum Gasteiger partial charge on any atom is -0.480 e. The van der Waals surface area contributed by atoms with Crippen molar-refractivity contribution in [1.82, 2.24) is 9.88 Å². The smallest absolute Gasteiger partial charge is 0.326 e. The molecule has 3 rings (SSSR count). The topological polar surface area (TPSA) is 70.5 Å². The van der Waals surface area contributed by atoms with Crippen LogP contribution in [0.2, 0.25) is 0 Å². The number of aliphatic carboxylic acids is 1. The molecule has 1 aliphatic carbocycles. The Balaban J connectivity index is 1.65. The molecule has 1 aromatic heterocycles. The number of fused-ring (bicyclic) bond motifs is 1. The van der Waals surface area contributed by atoms with Crippen LogP contribution in [0, 0.1) is 11.8 Å². The van der Waals surface area contributed by atoms with Crippen LogP contribution in [0.25, 0.3) is 0 Å². The molecule has 5 heteroatoms. The lowest BCUT2D eigenvalue weighted by Gasteiger charge is -2.24. The summed E-state index contributed by atoms with van der Waals surface area (Å²) in [6.07, 6.45) is 7.51. The molecular formula is C16H20N2O3. The zero-order chi connectivity index (χ0) is 14.8. The molecule has 1 amide bonds. The maximum Gasteiger partial charge on any atom is 0.326 e. The van der Waals surface area contributed by atoms with Crippen LogP contribution >= 0.6 is 0 Å². The van der Waals surface area contributed by atoms with E-state index in [0.717, 1.165) is 24.8 Å². The molecule has 2 heterocycles. The fourth-order valence-electron chi connectivity index (χ4n) is 3.82. The number of nitrogens with zero attached hydrogens (tertiary/aromatic N) is 2. The monoisotopic (exact) mass is 288 g/mol. The van der Waals surface area contributed by atoms with E-state index in [2.05, 4.69) is 4.98 Å². The Morgan fingerprint density at radius 2 is 2.24 bits per heavy atom. The van der Waals surface area contributed by atoms with Crippen molar-refractivity contribution >= 4 is 11.9 Å². The molecule has 21 heavy (non-hydrogen) atoms. The maximum atomic E-state index is 12.4. The summed E-state index contributed by atoms with van der Waals surface area (Å²) in [5.41, 5.74) is 1.01. The van der Waals surface area contributed by atoms with E-state index in [9.17, 15) is 14.7 Å². The van der Waals surface area contributed by atoms with Gasteiger partial charge in [0.2, 0.25) is 5.91 Å². The number of carboxylic acids is 1. The highest BCUT2D eigenvalue weighted by Gasteiger charge is 2.49. The number of aryl methyl sites for hydroxylation is 1. The number of carboxylic acid groups (broad SMARTS) is 1. The molecule has 1 N–H and O–H groups in total. The zero-order valence-corrected chi connectivity index (χ0v) is 11.9. The molecule has 1 saturated carbocycles. The summed E-state index contributed by atoms with van der Waals surface area (Å²) >= 11 is 0. The Morgan fingerprint density at radius 3 is 2.95 bits per heavy atom. The molecule has 3 atom stereocenters. The van der Waals surface area contributed by atoms with Crippen LogP contribution in [-0.2, 0) is 16.0 Å². The summed E-state index contributed by atoms with van der Waals surface area (Å²) in [7, 11) is 0. The molecule has 1 aromatic rings. The van der Waals surface area contributed by atoms with E-state index in [1.165, 1.54) is 0 Å². The first kappa shape index (κ1) is 14.0. The summed E-state index contributed by atoms with van der Waals surface area (Å²) in [5, 5.41) is 9.46. The Bertz CT molecular complexity index is 532. The Morgan fingerprint density at radius 1 is 1.38 bits per heavy atom.